The first-order chi connectivity index (χ1) is 13.7. The van der Waals surface area contributed by atoms with E-state index < -0.39 is 0 Å². The summed E-state index contributed by atoms with van der Waals surface area (Å²) in [6, 6.07) is 17.5. The van der Waals surface area contributed by atoms with Crippen molar-refractivity contribution in [2.75, 3.05) is 11.9 Å². The molecule has 0 aliphatic rings. The van der Waals surface area contributed by atoms with Crippen LogP contribution in [0.15, 0.2) is 60.0 Å². The van der Waals surface area contributed by atoms with Gasteiger partial charge in [0.25, 0.3) is 0 Å². The molecule has 5 nitrogen and oxygen atoms in total. The highest BCUT2D eigenvalue weighted by atomic mass is 32.1. The molecule has 0 bridgehead atoms. The predicted molar refractivity (Wildman–Crippen MR) is 117 cm³/mol. The molecule has 0 amide bonds. The van der Waals surface area contributed by atoms with Crippen molar-refractivity contribution in [3.8, 4) is 27.6 Å². The molecule has 28 heavy (non-hydrogen) atoms. The van der Waals surface area contributed by atoms with Gasteiger partial charge in [-0.05, 0) is 53.8 Å². The molecule has 0 saturated heterocycles. The van der Waals surface area contributed by atoms with Crippen LogP contribution in [0.3, 0.4) is 0 Å². The minimum Gasteiger partial charge on any atom is -0.507 e. The number of para-hydroxylation sites is 1. The highest BCUT2D eigenvalue weighted by molar-refractivity contribution is 7.13. The average Bonchev–Trinajstić information content (AvgIpc) is 3.26. The molecule has 2 aromatic carbocycles. The molecule has 0 fully saturated rings. The summed E-state index contributed by atoms with van der Waals surface area (Å²) in [5.41, 5.74) is 8.53. The summed E-state index contributed by atoms with van der Waals surface area (Å²) in [5.74, 6) is 1.37. The molecule has 2 heterocycles. The maximum Gasteiger partial charge on any atom is 0.165 e. The van der Waals surface area contributed by atoms with E-state index in [1.165, 1.54) is 0 Å². The quantitative estimate of drug-likeness (QED) is 0.437. The zero-order chi connectivity index (χ0) is 19.5. The number of nitrogens with zero attached hydrogens (tertiary/aromatic N) is 2. The van der Waals surface area contributed by atoms with E-state index in [0.29, 0.717) is 17.9 Å². The van der Waals surface area contributed by atoms with Crippen LogP contribution < -0.4 is 11.1 Å². The first-order valence-corrected chi connectivity index (χ1v) is 10.2. The molecule has 0 aliphatic carbocycles. The van der Waals surface area contributed by atoms with Crippen LogP contribution in [0.1, 0.15) is 13.3 Å². The van der Waals surface area contributed by atoms with Gasteiger partial charge in [-0.2, -0.15) is 0 Å². The number of hydrogen-bond acceptors (Lipinski definition) is 6. The van der Waals surface area contributed by atoms with Crippen molar-refractivity contribution < 1.29 is 5.11 Å². The van der Waals surface area contributed by atoms with E-state index in [2.05, 4.69) is 18.3 Å². The fraction of sp³-hybridized carbons (Fsp3) is 0.182. The van der Waals surface area contributed by atoms with Gasteiger partial charge in [0.2, 0.25) is 0 Å². The second-order valence-corrected chi connectivity index (χ2v) is 7.62. The van der Waals surface area contributed by atoms with E-state index in [1.54, 1.807) is 17.4 Å². The predicted octanol–water partition coefficient (Wildman–Crippen LogP) is 4.88. The Kier molecular flexibility index (Phi) is 5.23. The van der Waals surface area contributed by atoms with Crippen molar-refractivity contribution in [1.82, 2.24) is 9.97 Å². The number of aromatic hydroxyl groups is 1. The summed E-state index contributed by atoms with van der Waals surface area (Å²) in [5, 5.41) is 16.8. The number of aromatic nitrogens is 2. The summed E-state index contributed by atoms with van der Waals surface area (Å²) >= 11 is 1.66. The van der Waals surface area contributed by atoms with Crippen LogP contribution in [-0.2, 0) is 0 Å². The molecule has 6 heteroatoms. The molecule has 4 N–H and O–H groups in total. The Hall–Kier alpha value is -2.96. The number of nitrogens with two attached hydrogens (primary N) is 1. The topological polar surface area (TPSA) is 84.1 Å². The number of phenols is 1. The lowest BCUT2D eigenvalue weighted by Gasteiger charge is -2.14. The van der Waals surface area contributed by atoms with E-state index >= 15 is 0 Å². The van der Waals surface area contributed by atoms with Crippen LogP contribution in [0.4, 0.5) is 5.82 Å². The summed E-state index contributed by atoms with van der Waals surface area (Å²) in [7, 11) is 0. The normalized spacial score (nSPS) is 12.2. The van der Waals surface area contributed by atoms with Crippen LogP contribution >= 0.6 is 11.3 Å². The first-order valence-electron chi connectivity index (χ1n) is 9.29. The van der Waals surface area contributed by atoms with Crippen LogP contribution in [-0.4, -0.2) is 27.7 Å². The first kappa shape index (κ1) is 18.4. The molecule has 4 rings (SSSR count). The highest BCUT2D eigenvalue weighted by Gasteiger charge is 2.14. The number of rotatable bonds is 6. The molecule has 0 saturated carbocycles. The average molecular weight is 391 g/mol. The van der Waals surface area contributed by atoms with Crippen LogP contribution in [0.5, 0.6) is 5.75 Å². The molecule has 1 atom stereocenters. The Morgan fingerprint density at radius 1 is 1.11 bits per heavy atom. The standard InChI is InChI=1S/C22H22N4OS/c1-2-15(23)13-24-21-16-6-3-4-7-18(16)25-22(26-21)17-12-14(9-10-19(17)27)20-8-5-11-28-20/h3-12,15,27H,2,13,23H2,1H3,(H,24,25,26). The van der Waals surface area contributed by atoms with Gasteiger partial charge in [0, 0.05) is 22.8 Å². The number of fused-ring (bicyclic) bond motifs is 1. The van der Waals surface area contributed by atoms with E-state index in [0.717, 1.165) is 33.6 Å². The minimum atomic E-state index is 0.0488. The number of thiophene rings is 1. The van der Waals surface area contributed by atoms with Gasteiger partial charge in [-0.3, -0.25) is 0 Å². The fourth-order valence-corrected chi connectivity index (χ4v) is 3.74. The summed E-state index contributed by atoms with van der Waals surface area (Å²) in [6.45, 7) is 2.68. The third-order valence-corrected chi connectivity index (χ3v) is 5.62. The van der Waals surface area contributed by atoms with Crippen molar-refractivity contribution in [3.63, 3.8) is 0 Å². The zero-order valence-corrected chi connectivity index (χ0v) is 16.4. The second kappa shape index (κ2) is 7.96. The third-order valence-electron chi connectivity index (χ3n) is 4.70. The lowest BCUT2D eigenvalue weighted by molar-refractivity contribution is 0.477. The maximum atomic E-state index is 10.5. The van der Waals surface area contributed by atoms with Gasteiger partial charge in [-0.1, -0.05) is 25.1 Å². The van der Waals surface area contributed by atoms with E-state index in [9.17, 15) is 5.11 Å². The molecule has 1 unspecified atom stereocenters. The lowest BCUT2D eigenvalue weighted by Crippen LogP contribution is -2.28. The Morgan fingerprint density at radius 2 is 1.96 bits per heavy atom. The van der Waals surface area contributed by atoms with Gasteiger partial charge in [-0.15, -0.1) is 11.3 Å². The second-order valence-electron chi connectivity index (χ2n) is 6.67. The number of benzene rings is 2. The molecule has 2 aromatic heterocycles. The molecule has 0 spiro atoms. The van der Waals surface area contributed by atoms with Crippen molar-refractivity contribution in [2.24, 2.45) is 5.73 Å². The number of anilines is 1. The summed E-state index contributed by atoms with van der Waals surface area (Å²) in [6.07, 6.45) is 0.881. The number of phenolic OH excluding ortho intramolecular Hbond substituents is 1. The van der Waals surface area contributed by atoms with Gasteiger partial charge >= 0.3 is 0 Å². The van der Waals surface area contributed by atoms with Crippen LogP contribution in [0.2, 0.25) is 0 Å². The Bertz CT molecular complexity index is 1100. The summed E-state index contributed by atoms with van der Waals surface area (Å²) < 4.78 is 0. The van der Waals surface area contributed by atoms with E-state index in [-0.39, 0.29) is 11.8 Å². The Morgan fingerprint density at radius 3 is 2.75 bits per heavy atom. The van der Waals surface area contributed by atoms with Crippen molar-refractivity contribution >= 4 is 28.1 Å². The van der Waals surface area contributed by atoms with Crippen molar-refractivity contribution in [3.05, 3.63) is 60.0 Å². The van der Waals surface area contributed by atoms with E-state index in [1.807, 2.05) is 47.8 Å². The maximum absolute atomic E-state index is 10.5. The van der Waals surface area contributed by atoms with Crippen molar-refractivity contribution in [2.45, 2.75) is 19.4 Å². The van der Waals surface area contributed by atoms with Gasteiger partial charge < -0.3 is 16.2 Å². The Labute approximate surface area is 167 Å². The SMILES string of the molecule is CCC(N)CNc1nc(-c2cc(-c3cccs3)ccc2O)nc2ccccc12. The molecule has 0 radical (unpaired) electrons. The Balaban J connectivity index is 1.81. The highest BCUT2D eigenvalue weighted by Crippen LogP contribution is 2.35. The molecule has 4 aromatic rings. The van der Waals surface area contributed by atoms with E-state index in [4.69, 9.17) is 15.7 Å². The number of nitrogens with one attached hydrogen (secondary N) is 1. The van der Waals surface area contributed by atoms with Gasteiger partial charge in [0.05, 0.1) is 11.1 Å². The zero-order valence-electron chi connectivity index (χ0n) is 15.6. The molecular formula is C22H22N4OS. The molecular weight excluding hydrogens is 368 g/mol. The minimum absolute atomic E-state index is 0.0488. The number of hydrogen-bond donors (Lipinski definition) is 3. The molecule has 0 aliphatic heterocycles. The monoisotopic (exact) mass is 390 g/mol. The summed E-state index contributed by atoms with van der Waals surface area (Å²) in [4.78, 5) is 10.6. The smallest absolute Gasteiger partial charge is 0.165 e. The van der Waals surface area contributed by atoms with Gasteiger partial charge in [-0.25, -0.2) is 9.97 Å². The third kappa shape index (κ3) is 3.69. The van der Waals surface area contributed by atoms with Gasteiger partial charge in [0.1, 0.15) is 11.6 Å². The fourth-order valence-electron chi connectivity index (χ4n) is 3.02. The molecule has 142 valence electrons. The van der Waals surface area contributed by atoms with Gasteiger partial charge in [0.15, 0.2) is 5.82 Å². The lowest BCUT2D eigenvalue weighted by atomic mass is 10.1. The van der Waals surface area contributed by atoms with Crippen LogP contribution in [0, 0.1) is 0 Å². The largest absolute Gasteiger partial charge is 0.507 e. The van der Waals surface area contributed by atoms with Crippen LogP contribution in [0.25, 0.3) is 32.7 Å². The van der Waals surface area contributed by atoms with Crippen molar-refractivity contribution in [1.29, 1.82) is 0 Å².